The molecule has 0 atom stereocenters. The lowest BCUT2D eigenvalue weighted by atomic mass is 10.2. The van der Waals surface area contributed by atoms with Gasteiger partial charge in [-0.2, -0.15) is 0 Å². The third kappa shape index (κ3) is 2.84. The molecule has 1 aromatic carbocycles. The Kier molecular flexibility index (Phi) is 3.56. The number of nitrogens with one attached hydrogen (secondary N) is 2. The van der Waals surface area contributed by atoms with E-state index in [1.165, 1.54) is 0 Å². The van der Waals surface area contributed by atoms with E-state index in [-0.39, 0.29) is 5.97 Å². The van der Waals surface area contributed by atoms with Crippen molar-refractivity contribution < 1.29 is 9.53 Å². The maximum absolute atomic E-state index is 11.6. The first-order valence-electron chi connectivity index (χ1n) is 5.20. The predicted molar refractivity (Wildman–Crippen MR) is 60.3 cm³/mol. The Balaban J connectivity index is 1.86. The molecule has 2 N–H and O–H groups in total. The van der Waals surface area contributed by atoms with Crippen LogP contribution in [0.4, 0.5) is 0 Å². The third-order valence-corrected chi connectivity index (χ3v) is 2.29. The molecular weight excluding hydrogens is 204 g/mol. The summed E-state index contributed by atoms with van der Waals surface area (Å²) in [5.74, 6) is -0.274. The van der Waals surface area contributed by atoms with Crippen LogP contribution in [0.3, 0.4) is 0 Å². The molecule has 2 rings (SSSR count). The highest BCUT2D eigenvalue weighted by Crippen LogP contribution is 2.04. The van der Waals surface area contributed by atoms with Gasteiger partial charge in [-0.15, -0.1) is 0 Å². The van der Waals surface area contributed by atoms with Crippen LogP contribution >= 0.6 is 0 Å². The molecule has 0 aliphatic carbocycles. The summed E-state index contributed by atoms with van der Waals surface area (Å²) < 4.78 is 5.18. The zero-order valence-corrected chi connectivity index (χ0v) is 8.90. The minimum atomic E-state index is -0.274. The van der Waals surface area contributed by atoms with Gasteiger partial charge in [0.15, 0.2) is 0 Å². The number of carbonyl (C=O) groups is 1. The van der Waals surface area contributed by atoms with E-state index in [1.54, 1.807) is 6.20 Å². The summed E-state index contributed by atoms with van der Waals surface area (Å²) >= 11 is 0. The molecule has 4 heteroatoms. The summed E-state index contributed by atoms with van der Waals surface area (Å²) in [5, 5.41) is 5.97. The van der Waals surface area contributed by atoms with Gasteiger partial charge in [-0.1, -0.05) is 30.3 Å². The molecule has 0 saturated carbocycles. The number of hydrogen-bond donors (Lipinski definition) is 2. The van der Waals surface area contributed by atoms with Gasteiger partial charge in [0.25, 0.3) is 0 Å². The van der Waals surface area contributed by atoms with Crippen molar-refractivity contribution in [1.29, 1.82) is 0 Å². The average Bonchev–Trinajstić information content (AvgIpc) is 2.38. The molecule has 1 aliphatic rings. The first kappa shape index (κ1) is 10.7. The lowest BCUT2D eigenvalue weighted by molar-refractivity contribution is -0.140. The number of hydrogen-bond acceptors (Lipinski definition) is 4. The van der Waals surface area contributed by atoms with E-state index in [4.69, 9.17) is 4.74 Å². The lowest BCUT2D eigenvalue weighted by Gasteiger charge is -2.14. The molecule has 0 unspecified atom stereocenters. The quantitative estimate of drug-likeness (QED) is 0.736. The Bertz CT molecular complexity index is 387. The highest BCUT2D eigenvalue weighted by atomic mass is 16.5. The minimum absolute atomic E-state index is 0.274. The SMILES string of the molecule is O=C(OCc1ccccc1)C1=CNCNC1. The normalized spacial score (nSPS) is 14.9. The Hall–Kier alpha value is -1.81. The Labute approximate surface area is 94.3 Å². The van der Waals surface area contributed by atoms with Gasteiger partial charge in [0.2, 0.25) is 0 Å². The third-order valence-electron chi connectivity index (χ3n) is 2.29. The lowest BCUT2D eigenvalue weighted by Crippen LogP contribution is -2.35. The molecule has 0 spiro atoms. The monoisotopic (exact) mass is 218 g/mol. The molecule has 1 aromatic rings. The number of carbonyl (C=O) groups excluding carboxylic acids is 1. The fourth-order valence-corrected chi connectivity index (χ4v) is 1.44. The maximum Gasteiger partial charge on any atom is 0.337 e. The summed E-state index contributed by atoms with van der Waals surface area (Å²) in [4.78, 5) is 11.6. The van der Waals surface area contributed by atoms with Gasteiger partial charge in [-0.25, -0.2) is 4.79 Å². The number of rotatable bonds is 3. The van der Waals surface area contributed by atoms with E-state index >= 15 is 0 Å². The van der Waals surface area contributed by atoms with Gasteiger partial charge in [0.05, 0.1) is 12.2 Å². The van der Waals surface area contributed by atoms with Gasteiger partial charge >= 0.3 is 5.97 Å². The van der Waals surface area contributed by atoms with Crippen molar-refractivity contribution in [3.8, 4) is 0 Å². The summed E-state index contributed by atoms with van der Waals surface area (Å²) in [6.07, 6.45) is 1.70. The largest absolute Gasteiger partial charge is 0.457 e. The zero-order valence-electron chi connectivity index (χ0n) is 8.90. The van der Waals surface area contributed by atoms with Crippen LogP contribution < -0.4 is 10.6 Å². The highest BCUT2D eigenvalue weighted by Gasteiger charge is 2.12. The molecule has 84 valence electrons. The fourth-order valence-electron chi connectivity index (χ4n) is 1.44. The Morgan fingerprint density at radius 3 is 2.81 bits per heavy atom. The number of esters is 1. The molecule has 0 radical (unpaired) electrons. The van der Waals surface area contributed by atoms with E-state index in [0.717, 1.165) is 5.56 Å². The number of benzene rings is 1. The van der Waals surface area contributed by atoms with Crippen molar-refractivity contribution in [2.45, 2.75) is 6.61 Å². The summed E-state index contributed by atoms with van der Waals surface area (Å²) in [6.45, 7) is 1.56. The summed E-state index contributed by atoms with van der Waals surface area (Å²) in [7, 11) is 0. The summed E-state index contributed by atoms with van der Waals surface area (Å²) in [6, 6.07) is 9.64. The average molecular weight is 218 g/mol. The minimum Gasteiger partial charge on any atom is -0.457 e. The second kappa shape index (κ2) is 5.32. The van der Waals surface area contributed by atoms with Crippen LogP contribution in [0.25, 0.3) is 0 Å². The molecule has 1 aliphatic heterocycles. The fraction of sp³-hybridized carbons (Fsp3) is 0.250. The van der Waals surface area contributed by atoms with Crippen molar-refractivity contribution in [3.05, 3.63) is 47.7 Å². The molecule has 0 amide bonds. The zero-order chi connectivity index (χ0) is 11.2. The molecule has 1 heterocycles. The smallest absolute Gasteiger partial charge is 0.337 e. The molecule has 16 heavy (non-hydrogen) atoms. The van der Waals surface area contributed by atoms with Crippen molar-refractivity contribution in [2.75, 3.05) is 13.2 Å². The second-order valence-corrected chi connectivity index (χ2v) is 3.54. The van der Waals surface area contributed by atoms with Gasteiger partial charge in [0, 0.05) is 12.7 Å². The molecule has 4 nitrogen and oxygen atoms in total. The van der Waals surface area contributed by atoms with Crippen molar-refractivity contribution >= 4 is 5.97 Å². The predicted octanol–water partition coefficient (Wildman–Crippen LogP) is 0.764. The Morgan fingerprint density at radius 2 is 2.12 bits per heavy atom. The van der Waals surface area contributed by atoms with Crippen molar-refractivity contribution in [2.24, 2.45) is 0 Å². The maximum atomic E-state index is 11.6. The molecule has 0 bridgehead atoms. The molecular formula is C12H14N2O2. The van der Waals surface area contributed by atoms with Crippen molar-refractivity contribution in [3.63, 3.8) is 0 Å². The molecule has 0 saturated heterocycles. The van der Waals surface area contributed by atoms with Crippen molar-refractivity contribution in [1.82, 2.24) is 10.6 Å². The van der Waals surface area contributed by atoms with E-state index in [1.807, 2.05) is 30.3 Å². The van der Waals surface area contributed by atoms with Crippen LogP contribution in [-0.4, -0.2) is 19.2 Å². The molecule has 0 aromatic heterocycles. The van der Waals surface area contributed by atoms with E-state index in [0.29, 0.717) is 25.4 Å². The van der Waals surface area contributed by atoms with E-state index < -0.39 is 0 Å². The van der Waals surface area contributed by atoms with Gasteiger partial charge in [-0.05, 0) is 5.56 Å². The van der Waals surface area contributed by atoms with E-state index in [9.17, 15) is 4.79 Å². The topological polar surface area (TPSA) is 50.4 Å². The highest BCUT2D eigenvalue weighted by molar-refractivity contribution is 5.88. The van der Waals surface area contributed by atoms with Crippen LogP contribution in [0.1, 0.15) is 5.56 Å². The first-order valence-corrected chi connectivity index (χ1v) is 5.20. The van der Waals surface area contributed by atoms with Crippen LogP contribution in [0.15, 0.2) is 42.1 Å². The van der Waals surface area contributed by atoms with E-state index in [2.05, 4.69) is 10.6 Å². The van der Waals surface area contributed by atoms with Gasteiger partial charge in [-0.3, -0.25) is 5.32 Å². The van der Waals surface area contributed by atoms with Crippen LogP contribution in [0, 0.1) is 0 Å². The van der Waals surface area contributed by atoms with Crippen LogP contribution in [0.2, 0.25) is 0 Å². The van der Waals surface area contributed by atoms with Gasteiger partial charge in [0.1, 0.15) is 6.61 Å². The van der Waals surface area contributed by atoms with Gasteiger partial charge < -0.3 is 10.1 Å². The Morgan fingerprint density at radius 1 is 1.31 bits per heavy atom. The van der Waals surface area contributed by atoms with Crippen LogP contribution in [0.5, 0.6) is 0 Å². The first-order chi connectivity index (χ1) is 7.86. The second-order valence-electron chi connectivity index (χ2n) is 3.54. The molecule has 0 fully saturated rings. The number of ether oxygens (including phenoxy) is 1. The summed E-state index contributed by atoms with van der Waals surface area (Å²) in [5.41, 5.74) is 1.62. The standard InChI is InChI=1S/C12H14N2O2/c15-12(11-6-13-9-14-7-11)16-8-10-4-2-1-3-5-10/h1-6,13-14H,7-9H2. The van der Waals surface area contributed by atoms with Crippen LogP contribution in [-0.2, 0) is 16.1 Å².